The predicted octanol–water partition coefficient (Wildman–Crippen LogP) is 4.15. The molecule has 0 fully saturated rings. The molecule has 1 N–H and O–H groups in total. The lowest BCUT2D eigenvalue weighted by Crippen LogP contribution is -2.20. The molecule has 1 rings (SSSR count). The van der Waals surface area contributed by atoms with Gasteiger partial charge in [0.1, 0.15) is 12.4 Å². The van der Waals surface area contributed by atoms with Crippen LogP contribution in [0.5, 0.6) is 5.75 Å². The molecule has 0 aromatic heterocycles. The van der Waals surface area contributed by atoms with E-state index >= 15 is 0 Å². The van der Waals surface area contributed by atoms with Crippen LogP contribution in [0.2, 0.25) is 0 Å². The van der Waals surface area contributed by atoms with E-state index in [0.29, 0.717) is 19.4 Å². The second-order valence-electron chi connectivity index (χ2n) is 8.40. The van der Waals surface area contributed by atoms with E-state index in [1.165, 1.54) is 11.1 Å². The van der Waals surface area contributed by atoms with Crippen molar-refractivity contribution in [2.75, 3.05) is 19.8 Å². The second-order valence-corrected chi connectivity index (χ2v) is 8.40. The summed E-state index contributed by atoms with van der Waals surface area (Å²) in [5, 5.41) is 8.74. The fourth-order valence-corrected chi connectivity index (χ4v) is 2.73. The lowest BCUT2D eigenvalue weighted by Gasteiger charge is -2.30. The summed E-state index contributed by atoms with van der Waals surface area (Å²) in [7, 11) is 0. The summed E-state index contributed by atoms with van der Waals surface area (Å²) < 4.78 is 11.0. The molecule has 0 radical (unpaired) electrons. The SMILES string of the molecule is CCOc1c(C(C)(C)C)cc(CCC(=O)OCCO)cc1C(C)(C)C. The van der Waals surface area contributed by atoms with Crippen molar-refractivity contribution in [3.05, 3.63) is 28.8 Å². The van der Waals surface area contributed by atoms with E-state index in [0.717, 1.165) is 11.3 Å². The Labute approximate surface area is 152 Å². The molecule has 4 nitrogen and oxygen atoms in total. The van der Waals surface area contributed by atoms with Crippen LogP contribution in [0.15, 0.2) is 12.1 Å². The van der Waals surface area contributed by atoms with Crippen LogP contribution in [0.3, 0.4) is 0 Å². The minimum Gasteiger partial charge on any atom is -0.493 e. The molecular formula is C21H34O4. The van der Waals surface area contributed by atoms with Crippen molar-refractivity contribution in [3.8, 4) is 5.75 Å². The number of esters is 1. The molecule has 0 heterocycles. The minimum atomic E-state index is -0.280. The Morgan fingerprint density at radius 1 is 1.04 bits per heavy atom. The number of hydrogen-bond donors (Lipinski definition) is 1. The summed E-state index contributed by atoms with van der Waals surface area (Å²) in [5.74, 6) is 0.687. The number of aliphatic hydroxyl groups is 1. The van der Waals surface area contributed by atoms with Crippen molar-refractivity contribution in [2.24, 2.45) is 0 Å². The first-order valence-corrected chi connectivity index (χ1v) is 9.07. The van der Waals surface area contributed by atoms with Gasteiger partial charge in [0, 0.05) is 17.5 Å². The third kappa shape index (κ3) is 6.35. The highest BCUT2D eigenvalue weighted by Gasteiger charge is 2.27. The van der Waals surface area contributed by atoms with Crippen LogP contribution in [0.25, 0.3) is 0 Å². The highest BCUT2D eigenvalue weighted by Crippen LogP contribution is 2.41. The van der Waals surface area contributed by atoms with Gasteiger partial charge in [0.25, 0.3) is 0 Å². The first-order chi connectivity index (χ1) is 11.5. The van der Waals surface area contributed by atoms with E-state index in [4.69, 9.17) is 14.6 Å². The van der Waals surface area contributed by atoms with Crippen LogP contribution >= 0.6 is 0 Å². The van der Waals surface area contributed by atoms with Crippen molar-refractivity contribution >= 4 is 5.97 Å². The van der Waals surface area contributed by atoms with Crippen LogP contribution in [-0.2, 0) is 26.8 Å². The second kappa shape index (κ2) is 8.70. The van der Waals surface area contributed by atoms with Gasteiger partial charge in [-0.25, -0.2) is 0 Å². The van der Waals surface area contributed by atoms with E-state index in [1.807, 2.05) is 6.92 Å². The molecule has 0 bridgehead atoms. The maximum atomic E-state index is 11.8. The number of carbonyl (C=O) groups excluding carboxylic acids is 1. The number of aryl methyl sites for hydroxylation is 1. The molecule has 1 aromatic rings. The first-order valence-electron chi connectivity index (χ1n) is 9.07. The first kappa shape index (κ1) is 21.5. The monoisotopic (exact) mass is 350 g/mol. The lowest BCUT2D eigenvalue weighted by molar-refractivity contribution is -0.144. The standard InChI is InChI=1S/C21H34O4/c1-8-24-19-16(20(2,3)4)13-15(14-17(19)21(5,6)7)9-10-18(23)25-12-11-22/h13-14,22H,8-12H2,1-7H3. The van der Waals surface area contributed by atoms with Crippen molar-refractivity contribution < 1.29 is 19.4 Å². The Morgan fingerprint density at radius 3 is 1.96 bits per heavy atom. The van der Waals surface area contributed by atoms with Gasteiger partial charge < -0.3 is 14.6 Å². The van der Waals surface area contributed by atoms with Gasteiger partial charge in [0.2, 0.25) is 0 Å². The van der Waals surface area contributed by atoms with Gasteiger partial charge in [0.05, 0.1) is 13.2 Å². The van der Waals surface area contributed by atoms with E-state index in [9.17, 15) is 4.79 Å². The number of aliphatic hydroxyl groups excluding tert-OH is 1. The largest absolute Gasteiger partial charge is 0.493 e. The van der Waals surface area contributed by atoms with Crippen molar-refractivity contribution in [3.63, 3.8) is 0 Å². The summed E-state index contributed by atoms with van der Waals surface area (Å²) in [6.07, 6.45) is 0.921. The number of rotatable bonds is 7. The number of ether oxygens (including phenoxy) is 2. The van der Waals surface area contributed by atoms with Crippen LogP contribution in [-0.4, -0.2) is 30.9 Å². The van der Waals surface area contributed by atoms with E-state index < -0.39 is 0 Å². The normalized spacial score (nSPS) is 12.2. The van der Waals surface area contributed by atoms with Gasteiger partial charge in [-0.2, -0.15) is 0 Å². The zero-order valence-corrected chi connectivity index (χ0v) is 16.9. The fraction of sp³-hybridized carbons (Fsp3) is 0.667. The zero-order valence-electron chi connectivity index (χ0n) is 16.9. The average Bonchev–Trinajstić information content (AvgIpc) is 2.49. The van der Waals surface area contributed by atoms with Crippen LogP contribution in [0.1, 0.15) is 71.6 Å². The molecule has 0 unspecified atom stereocenters. The minimum absolute atomic E-state index is 0.0576. The Bertz CT molecular complexity index is 542. The summed E-state index contributed by atoms with van der Waals surface area (Å²) >= 11 is 0. The zero-order chi connectivity index (χ0) is 19.3. The number of benzene rings is 1. The molecule has 0 aliphatic heterocycles. The Kier molecular flexibility index (Phi) is 7.48. The molecule has 0 spiro atoms. The molecular weight excluding hydrogens is 316 g/mol. The van der Waals surface area contributed by atoms with Gasteiger partial charge in [-0.05, 0) is 29.7 Å². The lowest BCUT2D eigenvalue weighted by atomic mass is 9.78. The molecule has 0 amide bonds. The molecule has 1 aromatic carbocycles. The van der Waals surface area contributed by atoms with Crippen LogP contribution < -0.4 is 4.74 Å². The number of carbonyl (C=O) groups is 1. The third-order valence-electron chi connectivity index (χ3n) is 4.03. The maximum absolute atomic E-state index is 11.8. The summed E-state index contributed by atoms with van der Waals surface area (Å²) in [6.45, 7) is 15.6. The Hall–Kier alpha value is -1.55. The molecule has 142 valence electrons. The average molecular weight is 350 g/mol. The topological polar surface area (TPSA) is 55.8 Å². The summed E-state index contributed by atoms with van der Waals surface area (Å²) in [5.41, 5.74) is 3.33. The molecule has 4 heteroatoms. The summed E-state index contributed by atoms with van der Waals surface area (Å²) in [6, 6.07) is 4.30. The van der Waals surface area contributed by atoms with Crippen molar-refractivity contribution in [2.45, 2.75) is 72.1 Å². The van der Waals surface area contributed by atoms with Gasteiger partial charge >= 0.3 is 5.97 Å². The van der Waals surface area contributed by atoms with E-state index in [2.05, 4.69) is 53.7 Å². The maximum Gasteiger partial charge on any atom is 0.306 e. The molecule has 0 atom stereocenters. The van der Waals surface area contributed by atoms with Crippen molar-refractivity contribution in [1.29, 1.82) is 0 Å². The fourth-order valence-electron chi connectivity index (χ4n) is 2.73. The highest BCUT2D eigenvalue weighted by molar-refractivity contribution is 5.69. The molecule has 0 aliphatic rings. The van der Waals surface area contributed by atoms with Gasteiger partial charge in [-0.3, -0.25) is 4.79 Å². The Morgan fingerprint density at radius 2 is 1.56 bits per heavy atom. The third-order valence-corrected chi connectivity index (χ3v) is 4.03. The van der Waals surface area contributed by atoms with Gasteiger partial charge in [-0.15, -0.1) is 0 Å². The van der Waals surface area contributed by atoms with Gasteiger partial charge in [-0.1, -0.05) is 53.7 Å². The predicted molar refractivity (Wildman–Crippen MR) is 101 cm³/mol. The molecule has 25 heavy (non-hydrogen) atoms. The highest BCUT2D eigenvalue weighted by atomic mass is 16.5. The van der Waals surface area contributed by atoms with E-state index in [-0.39, 0.29) is 30.0 Å². The molecule has 0 saturated carbocycles. The van der Waals surface area contributed by atoms with Gasteiger partial charge in [0.15, 0.2) is 0 Å². The van der Waals surface area contributed by atoms with E-state index in [1.54, 1.807) is 0 Å². The quantitative estimate of drug-likeness (QED) is 0.751. The summed E-state index contributed by atoms with van der Waals surface area (Å²) in [4.78, 5) is 11.8. The Balaban J connectivity index is 3.25. The van der Waals surface area contributed by atoms with Crippen molar-refractivity contribution in [1.82, 2.24) is 0 Å². The van der Waals surface area contributed by atoms with Crippen LogP contribution in [0.4, 0.5) is 0 Å². The molecule has 0 saturated heterocycles. The molecule has 0 aliphatic carbocycles. The number of hydrogen-bond acceptors (Lipinski definition) is 4. The smallest absolute Gasteiger partial charge is 0.306 e. The van der Waals surface area contributed by atoms with Crippen LogP contribution in [0, 0.1) is 0 Å².